The Morgan fingerprint density at radius 1 is 1.29 bits per heavy atom. The minimum Gasteiger partial charge on any atom is -0.292 e. The molecule has 1 aliphatic heterocycles. The molecule has 2 aromatic heterocycles. The number of fused-ring (bicyclic) bond motifs is 2. The SMILES string of the molecule is Cc1sc2nc3n(c(=O)c2c1C)CC/C3=C\c1ccc(Cl)cc1Cl. The Balaban J connectivity index is 1.91. The molecule has 0 atom stereocenters. The van der Waals surface area contributed by atoms with Gasteiger partial charge in [0.05, 0.1) is 5.39 Å². The highest BCUT2D eigenvalue weighted by Gasteiger charge is 2.23. The van der Waals surface area contributed by atoms with Gasteiger partial charge in [0.1, 0.15) is 10.7 Å². The van der Waals surface area contributed by atoms with E-state index in [2.05, 4.69) is 0 Å². The van der Waals surface area contributed by atoms with E-state index in [1.165, 1.54) is 0 Å². The van der Waals surface area contributed by atoms with Crippen molar-refractivity contribution in [2.75, 3.05) is 0 Å². The first kappa shape index (κ1) is 15.9. The first-order valence-electron chi connectivity index (χ1n) is 7.62. The molecule has 0 bridgehead atoms. The van der Waals surface area contributed by atoms with Crippen molar-refractivity contribution in [1.82, 2.24) is 9.55 Å². The van der Waals surface area contributed by atoms with Crippen molar-refractivity contribution in [3.63, 3.8) is 0 Å². The first-order valence-corrected chi connectivity index (χ1v) is 9.19. The van der Waals surface area contributed by atoms with Crippen molar-refractivity contribution in [1.29, 1.82) is 0 Å². The van der Waals surface area contributed by atoms with Gasteiger partial charge in [-0.25, -0.2) is 4.98 Å². The van der Waals surface area contributed by atoms with Gasteiger partial charge in [-0.05, 0) is 55.2 Å². The van der Waals surface area contributed by atoms with Crippen molar-refractivity contribution in [3.8, 4) is 0 Å². The second-order valence-corrected chi connectivity index (χ2v) is 7.99. The minimum atomic E-state index is 0.0578. The average molecular weight is 377 g/mol. The third-order valence-corrected chi connectivity index (χ3v) is 6.14. The molecule has 3 heterocycles. The van der Waals surface area contributed by atoms with E-state index in [1.807, 2.05) is 32.1 Å². The summed E-state index contributed by atoms with van der Waals surface area (Å²) in [5.74, 6) is 0.750. The lowest BCUT2D eigenvalue weighted by atomic mass is 10.1. The zero-order valence-corrected chi connectivity index (χ0v) is 15.5. The topological polar surface area (TPSA) is 34.9 Å². The number of hydrogen-bond donors (Lipinski definition) is 0. The van der Waals surface area contributed by atoms with Crippen LogP contribution in [0.4, 0.5) is 0 Å². The summed E-state index contributed by atoms with van der Waals surface area (Å²) in [6, 6.07) is 5.42. The van der Waals surface area contributed by atoms with Crippen LogP contribution in [-0.4, -0.2) is 9.55 Å². The number of halogens is 2. The summed E-state index contributed by atoms with van der Waals surface area (Å²) >= 11 is 13.8. The fourth-order valence-electron chi connectivity index (χ4n) is 3.07. The Bertz CT molecular complexity index is 1080. The van der Waals surface area contributed by atoms with Gasteiger partial charge < -0.3 is 0 Å². The van der Waals surface area contributed by atoms with E-state index >= 15 is 0 Å². The van der Waals surface area contributed by atoms with Crippen LogP contribution in [0.25, 0.3) is 21.9 Å². The van der Waals surface area contributed by atoms with E-state index in [4.69, 9.17) is 28.2 Å². The summed E-state index contributed by atoms with van der Waals surface area (Å²) in [7, 11) is 0. The number of benzene rings is 1. The van der Waals surface area contributed by atoms with Crippen LogP contribution in [0, 0.1) is 13.8 Å². The molecule has 0 saturated heterocycles. The van der Waals surface area contributed by atoms with Crippen LogP contribution in [0.5, 0.6) is 0 Å². The monoisotopic (exact) mass is 376 g/mol. The van der Waals surface area contributed by atoms with E-state index in [0.29, 0.717) is 16.6 Å². The summed E-state index contributed by atoms with van der Waals surface area (Å²) in [6.45, 7) is 4.67. The summed E-state index contributed by atoms with van der Waals surface area (Å²) in [5.41, 5.74) is 3.02. The van der Waals surface area contributed by atoms with Gasteiger partial charge >= 0.3 is 0 Å². The van der Waals surface area contributed by atoms with Gasteiger partial charge in [-0.3, -0.25) is 9.36 Å². The highest BCUT2D eigenvalue weighted by molar-refractivity contribution is 7.18. The molecule has 0 amide bonds. The maximum absolute atomic E-state index is 12.8. The van der Waals surface area contributed by atoms with E-state index in [1.54, 1.807) is 22.0 Å². The fourth-order valence-corrected chi connectivity index (χ4v) is 4.55. The number of nitrogens with zero attached hydrogens (tertiary/aromatic N) is 2. The first-order chi connectivity index (χ1) is 11.5. The highest BCUT2D eigenvalue weighted by atomic mass is 35.5. The minimum absolute atomic E-state index is 0.0578. The number of thiophene rings is 1. The van der Waals surface area contributed by atoms with Crippen LogP contribution in [0.2, 0.25) is 10.0 Å². The Kier molecular flexibility index (Phi) is 3.79. The Morgan fingerprint density at radius 2 is 2.08 bits per heavy atom. The molecule has 4 rings (SSSR count). The third-order valence-electron chi connectivity index (χ3n) is 4.47. The molecule has 3 nitrogen and oxygen atoms in total. The van der Waals surface area contributed by atoms with E-state index in [0.717, 1.165) is 44.0 Å². The number of aryl methyl sites for hydroxylation is 2. The van der Waals surface area contributed by atoms with Crippen LogP contribution >= 0.6 is 34.5 Å². The number of hydrogen-bond acceptors (Lipinski definition) is 3. The van der Waals surface area contributed by atoms with Crippen LogP contribution in [-0.2, 0) is 6.54 Å². The predicted molar refractivity (Wildman–Crippen MR) is 102 cm³/mol. The number of rotatable bonds is 1. The average Bonchev–Trinajstić information content (AvgIpc) is 3.05. The lowest BCUT2D eigenvalue weighted by Gasteiger charge is -2.04. The lowest BCUT2D eigenvalue weighted by Crippen LogP contribution is -2.20. The molecule has 0 saturated carbocycles. The normalized spacial score (nSPS) is 15.4. The maximum Gasteiger partial charge on any atom is 0.262 e. The van der Waals surface area contributed by atoms with Gasteiger partial charge in [0.25, 0.3) is 5.56 Å². The molecule has 122 valence electrons. The Hall–Kier alpha value is -1.62. The second-order valence-electron chi connectivity index (χ2n) is 5.94. The van der Waals surface area contributed by atoms with Gasteiger partial charge in [0.15, 0.2) is 0 Å². The molecule has 0 N–H and O–H groups in total. The van der Waals surface area contributed by atoms with Crippen LogP contribution < -0.4 is 5.56 Å². The lowest BCUT2D eigenvalue weighted by molar-refractivity contribution is 0.726. The van der Waals surface area contributed by atoms with Crippen molar-refractivity contribution in [2.45, 2.75) is 26.8 Å². The Labute approximate surface area is 153 Å². The van der Waals surface area contributed by atoms with Gasteiger partial charge in [-0.1, -0.05) is 29.3 Å². The molecule has 3 aromatic rings. The number of aromatic nitrogens is 2. The third kappa shape index (κ3) is 2.41. The molecular weight excluding hydrogens is 363 g/mol. The van der Waals surface area contributed by atoms with Gasteiger partial charge in [-0.15, -0.1) is 11.3 Å². The molecule has 24 heavy (non-hydrogen) atoms. The molecule has 1 aromatic carbocycles. The standard InChI is InChI=1S/C18H14Cl2N2OS/c1-9-10(2)24-17-15(9)18(23)22-6-5-12(16(22)21-17)7-11-3-4-13(19)8-14(11)20/h3-4,7-8H,5-6H2,1-2H3/b12-7+. The van der Waals surface area contributed by atoms with Crippen molar-refractivity contribution < 1.29 is 0 Å². The van der Waals surface area contributed by atoms with Crippen molar-refractivity contribution in [2.24, 2.45) is 0 Å². The maximum atomic E-state index is 12.8. The molecule has 0 radical (unpaired) electrons. The van der Waals surface area contributed by atoms with Gasteiger partial charge in [0, 0.05) is 21.5 Å². The highest BCUT2D eigenvalue weighted by Crippen LogP contribution is 2.33. The smallest absolute Gasteiger partial charge is 0.262 e. The van der Waals surface area contributed by atoms with Crippen LogP contribution in [0.1, 0.15) is 28.2 Å². The number of allylic oxidation sites excluding steroid dienone is 1. The molecule has 6 heteroatoms. The van der Waals surface area contributed by atoms with Gasteiger partial charge in [-0.2, -0.15) is 0 Å². The summed E-state index contributed by atoms with van der Waals surface area (Å²) in [4.78, 5) is 19.5. The summed E-state index contributed by atoms with van der Waals surface area (Å²) in [6.07, 6.45) is 2.78. The fraction of sp³-hybridized carbons (Fsp3) is 0.222. The van der Waals surface area contributed by atoms with E-state index < -0.39 is 0 Å². The quantitative estimate of drug-likeness (QED) is 0.575. The molecule has 0 fully saturated rings. The zero-order chi connectivity index (χ0) is 17.0. The predicted octanol–water partition coefficient (Wildman–Crippen LogP) is 5.33. The van der Waals surface area contributed by atoms with Crippen molar-refractivity contribution >= 4 is 56.4 Å². The molecule has 0 unspecified atom stereocenters. The molecule has 0 aliphatic carbocycles. The summed E-state index contributed by atoms with van der Waals surface area (Å²) in [5, 5.41) is 1.96. The Morgan fingerprint density at radius 3 is 2.83 bits per heavy atom. The van der Waals surface area contributed by atoms with E-state index in [-0.39, 0.29) is 5.56 Å². The molecular formula is C18H14Cl2N2OS. The van der Waals surface area contributed by atoms with Gasteiger partial charge in [0.2, 0.25) is 0 Å². The second kappa shape index (κ2) is 5.73. The molecule has 1 aliphatic rings. The zero-order valence-electron chi connectivity index (χ0n) is 13.2. The van der Waals surface area contributed by atoms with Crippen molar-refractivity contribution in [3.05, 3.63) is 60.4 Å². The molecule has 0 spiro atoms. The summed E-state index contributed by atoms with van der Waals surface area (Å²) < 4.78 is 1.77. The van der Waals surface area contributed by atoms with E-state index in [9.17, 15) is 4.79 Å². The van der Waals surface area contributed by atoms with Crippen LogP contribution in [0.15, 0.2) is 23.0 Å². The largest absolute Gasteiger partial charge is 0.292 e. The van der Waals surface area contributed by atoms with Crippen LogP contribution in [0.3, 0.4) is 0 Å².